The summed E-state index contributed by atoms with van der Waals surface area (Å²) >= 11 is 0. The Balaban J connectivity index is 3.44. The Morgan fingerprint density at radius 2 is 1.93 bits per heavy atom. The molecule has 0 atom stereocenters. The number of ether oxygens (including phenoxy) is 1. The zero-order valence-electron chi connectivity index (χ0n) is 7.56. The summed E-state index contributed by atoms with van der Waals surface area (Å²) in [6.45, 7) is 0. The van der Waals surface area contributed by atoms with Gasteiger partial charge in [-0.15, -0.1) is 0 Å². The van der Waals surface area contributed by atoms with Crippen molar-refractivity contribution in [1.82, 2.24) is 0 Å². The number of methoxy groups -OCH3 is 1. The van der Waals surface area contributed by atoms with Crippen molar-refractivity contribution < 1.29 is 27.1 Å². The molecular weight excluding hydrogens is 216 g/mol. The van der Waals surface area contributed by atoms with Crippen LogP contribution in [0.15, 0.2) is 12.1 Å². The molecule has 0 N–H and O–H groups in total. The van der Waals surface area contributed by atoms with Gasteiger partial charge in [0, 0.05) is 0 Å². The first kappa shape index (κ1) is 11.5. The lowest BCUT2D eigenvalue weighted by molar-refractivity contribution is -0.139. The van der Waals surface area contributed by atoms with E-state index < -0.39 is 28.9 Å². The summed E-state index contributed by atoms with van der Waals surface area (Å²) < 4.78 is 54.4. The fourth-order valence-corrected chi connectivity index (χ4v) is 1.09. The molecule has 0 aromatic heterocycles. The molecule has 2 nitrogen and oxygen atoms in total. The van der Waals surface area contributed by atoms with E-state index in [4.69, 9.17) is 0 Å². The lowest BCUT2D eigenvalue weighted by Gasteiger charge is -2.12. The molecule has 0 saturated heterocycles. The van der Waals surface area contributed by atoms with Gasteiger partial charge in [0.25, 0.3) is 0 Å². The normalized spacial score (nSPS) is 11.3. The van der Waals surface area contributed by atoms with Crippen LogP contribution in [-0.2, 0) is 6.18 Å². The van der Waals surface area contributed by atoms with Crippen LogP contribution >= 0.6 is 0 Å². The van der Waals surface area contributed by atoms with Crippen LogP contribution in [0.1, 0.15) is 15.9 Å². The third-order valence-corrected chi connectivity index (χ3v) is 1.76. The minimum Gasteiger partial charge on any atom is -0.493 e. The number of hydrogen-bond acceptors (Lipinski definition) is 2. The maximum absolute atomic E-state index is 13.2. The van der Waals surface area contributed by atoms with E-state index in [-0.39, 0.29) is 6.29 Å². The minimum atomic E-state index is -4.71. The van der Waals surface area contributed by atoms with E-state index in [9.17, 15) is 22.4 Å². The highest BCUT2D eigenvalue weighted by Gasteiger charge is 2.36. The largest absolute Gasteiger partial charge is 0.493 e. The molecule has 0 aliphatic carbocycles. The fraction of sp³-hybridized carbons (Fsp3) is 0.222. The third kappa shape index (κ3) is 2.08. The molecule has 0 saturated carbocycles. The predicted octanol–water partition coefficient (Wildman–Crippen LogP) is 2.67. The van der Waals surface area contributed by atoms with Crippen molar-refractivity contribution in [1.29, 1.82) is 0 Å². The molecule has 0 fully saturated rings. The molecule has 0 heterocycles. The van der Waals surface area contributed by atoms with Gasteiger partial charge < -0.3 is 4.74 Å². The lowest BCUT2D eigenvalue weighted by atomic mass is 10.1. The van der Waals surface area contributed by atoms with Crippen molar-refractivity contribution in [3.63, 3.8) is 0 Å². The maximum atomic E-state index is 13.2. The van der Waals surface area contributed by atoms with E-state index in [0.29, 0.717) is 6.07 Å². The second-order valence-electron chi connectivity index (χ2n) is 2.67. The summed E-state index contributed by atoms with van der Waals surface area (Å²) in [5.74, 6) is -2.27. The van der Waals surface area contributed by atoms with Gasteiger partial charge in [-0.05, 0) is 12.1 Å². The van der Waals surface area contributed by atoms with Crippen molar-refractivity contribution in [2.45, 2.75) is 6.18 Å². The van der Waals surface area contributed by atoms with Crippen LogP contribution in [0.2, 0.25) is 0 Å². The van der Waals surface area contributed by atoms with Gasteiger partial charge in [0.15, 0.2) is 17.9 Å². The Morgan fingerprint density at radius 3 is 2.33 bits per heavy atom. The van der Waals surface area contributed by atoms with E-state index >= 15 is 0 Å². The number of carbonyl (C=O) groups excluding carboxylic acids is 1. The highest BCUT2D eigenvalue weighted by Crippen LogP contribution is 2.38. The summed E-state index contributed by atoms with van der Waals surface area (Å²) in [5, 5.41) is 0. The summed E-state index contributed by atoms with van der Waals surface area (Å²) in [6.07, 6.45) is -4.59. The molecule has 82 valence electrons. The first-order valence-electron chi connectivity index (χ1n) is 3.80. The molecular formula is C9H6F4O2. The van der Waals surface area contributed by atoms with Crippen molar-refractivity contribution >= 4 is 6.29 Å². The number of carbonyl (C=O) groups is 1. The number of rotatable bonds is 2. The second-order valence-corrected chi connectivity index (χ2v) is 2.67. The molecule has 0 aliphatic rings. The molecule has 0 spiro atoms. The monoisotopic (exact) mass is 222 g/mol. The first-order chi connectivity index (χ1) is 6.91. The fourth-order valence-electron chi connectivity index (χ4n) is 1.09. The standard InChI is InChI=1S/C9H6F4O2/c1-15-8-6(9(11,12)13)3-2-5(4-14)7(8)10/h2-4H,1H3. The SMILES string of the molecule is COc1c(C(F)(F)F)ccc(C=O)c1F. The Kier molecular flexibility index (Phi) is 2.97. The molecule has 0 unspecified atom stereocenters. The average Bonchev–Trinajstić information content (AvgIpc) is 2.15. The number of aldehydes is 1. The van der Waals surface area contributed by atoms with Crippen LogP contribution < -0.4 is 4.74 Å². The number of benzene rings is 1. The van der Waals surface area contributed by atoms with Gasteiger partial charge >= 0.3 is 6.18 Å². The van der Waals surface area contributed by atoms with Gasteiger partial charge in [0.2, 0.25) is 0 Å². The van der Waals surface area contributed by atoms with Crippen LogP contribution in [0, 0.1) is 5.82 Å². The van der Waals surface area contributed by atoms with E-state index in [1.54, 1.807) is 0 Å². The molecule has 15 heavy (non-hydrogen) atoms. The highest BCUT2D eigenvalue weighted by atomic mass is 19.4. The Morgan fingerprint density at radius 1 is 1.33 bits per heavy atom. The zero-order valence-corrected chi connectivity index (χ0v) is 7.56. The van der Waals surface area contributed by atoms with E-state index in [1.165, 1.54) is 0 Å². The second kappa shape index (κ2) is 3.88. The van der Waals surface area contributed by atoms with Crippen LogP contribution in [-0.4, -0.2) is 13.4 Å². The van der Waals surface area contributed by atoms with Crippen molar-refractivity contribution in [3.8, 4) is 5.75 Å². The van der Waals surface area contributed by atoms with Crippen molar-refractivity contribution in [2.75, 3.05) is 7.11 Å². The van der Waals surface area contributed by atoms with Gasteiger partial charge in [-0.1, -0.05) is 0 Å². The minimum absolute atomic E-state index is 0.123. The van der Waals surface area contributed by atoms with Gasteiger partial charge in [0.1, 0.15) is 5.56 Å². The smallest absolute Gasteiger partial charge is 0.420 e. The average molecular weight is 222 g/mol. The lowest BCUT2D eigenvalue weighted by Crippen LogP contribution is -2.09. The Bertz CT molecular complexity index is 384. The molecule has 6 heteroatoms. The van der Waals surface area contributed by atoms with E-state index in [2.05, 4.69) is 4.74 Å². The molecule has 0 amide bonds. The summed E-state index contributed by atoms with van der Waals surface area (Å²) in [7, 11) is 0.905. The topological polar surface area (TPSA) is 26.3 Å². The van der Waals surface area contributed by atoms with Crippen molar-refractivity contribution in [2.24, 2.45) is 0 Å². The van der Waals surface area contributed by atoms with Gasteiger partial charge in [-0.25, -0.2) is 4.39 Å². The van der Waals surface area contributed by atoms with Crippen LogP contribution in [0.5, 0.6) is 5.75 Å². The van der Waals surface area contributed by atoms with Gasteiger partial charge in [-0.2, -0.15) is 13.2 Å². The predicted molar refractivity (Wildman–Crippen MR) is 43.3 cm³/mol. The van der Waals surface area contributed by atoms with E-state index in [0.717, 1.165) is 13.2 Å². The third-order valence-electron chi connectivity index (χ3n) is 1.76. The summed E-state index contributed by atoms with van der Waals surface area (Å²) in [6, 6.07) is 1.36. The number of halogens is 4. The Hall–Kier alpha value is -1.59. The van der Waals surface area contributed by atoms with Crippen LogP contribution in [0.25, 0.3) is 0 Å². The number of alkyl halides is 3. The molecule has 0 radical (unpaired) electrons. The van der Waals surface area contributed by atoms with Crippen LogP contribution in [0.3, 0.4) is 0 Å². The summed E-state index contributed by atoms with van der Waals surface area (Å²) in [5.41, 5.74) is -1.71. The quantitative estimate of drug-likeness (QED) is 0.568. The molecule has 1 aromatic rings. The van der Waals surface area contributed by atoms with Gasteiger partial charge in [0.05, 0.1) is 12.7 Å². The highest BCUT2D eigenvalue weighted by molar-refractivity contribution is 5.76. The number of hydrogen-bond donors (Lipinski definition) is 0. The van der Waals surface area contributed by atoms with Gasteiger partial charge in [-0.3, -0.25) is 4.79 Å². The molecule has 1 aromatic carbocycles. The molecule has 0 bridgehead atoms. The first-order valence-corrected chi connectivity index (χ1v) is 3.80. The van der Waals surface area contributed by atoms with E-state index in [1.807, 2.05) is 0 Å². The summed E-state index contributed by atoms with van der Waals surface area (Å²) in [4.78, 5) is 10.3. The Labute approximate surface area is 82.5 Å². The van der Waals surface area contributed by atoms with Crippen LogP contribution in [0.4, 0.5) is 17.6 Å². The molecule has 0 aliphatic heterocycles. The van der Waals surface area contributed by atoms with Crippen molar-refractivity contribution in [3.05, 3.63) is 29.1 Å². The zero-order chi connectivity index (χ0) is 11.6. The molecule has 1 rings (SSSR count). The maximum Gasteiger partial charge on any atom is 0.420 e.